The highest BCUT2D eigenvalue weighted by molar-refractivity contribution is 6.06. The second-order valence-electron chi connectivity index (χ2n) is 8.29. The zero-order chi connectivity index (χ0) is 23.8. The van der Waals surface area contributed by atoms with E-state index in [4.69, 9.17) is 0 Å². The fourth-order valence-electron chi connectivity index (χ4n) is 4.34. The Hall–Kier alpha value is -4.08. The fraction of sp³-hybridized carbons (Fsp3) is 0.292. The van der Waals surface area contributed by atoms with Crippen molar-refractivity contribution in [2.45, 2.75) is 45.7 Å². The lowest BCUT2D eigenvalue weighted by Gasteiger charge is -2.11. The van der Waals surface area contributed by atoms with Crippen LogP contribution >= 0.6 is 0 Å². The minimum absolute atomic E-state index is 0.00321. The van der Waals surface area contributed by atoms with Gasteiger partial charge in [0.1, 0.15) is 11.6 Å². The Morgan fingerprint density at radius 2 is 1.97 bits per heavy atom. The van der Waals surface area contributed by atoms with Gasteiger partial charge in [0, 0.05) is 30.6 Å². The minimum Gasteiger partial charge on any atom is -0.319 e. The van der Waals surface area contributed by atoms with Crippen LogP contribution in [0.3, 0.4) is 0 Å². The van der Waals surface area contributed by atoms with E-state index in [2.05, 4.69) is 25.1 Å². The molecule has 5 rings (SSSR count). The molecule has 2 aromatic heterocycles. The van der Waals surface area contributed by atoms with Crippen molar-refractivity contribution < 1.29 is 9.18 Å². The normalized spacial score (nSPS) is 13.5. The van der Waals surface area contributed by atoms with E-state index in [0.717, 1.165) is 42.6 Å². The van der Waals surface area contributed by atoms with Crippen molar-refractivity contribution in [1.29, 1.82) is 0 Å². The van der Waals surface area contributed by atoms with Crippen molar-refractivity contribution in [2.24, 2.45) is 0 Å². The summed E-state index contributed by atoms with van der Waals surface area (Å²) in [7, 11) is 0. The molecule has 0 atom stereocenters. The molecule has 3 heterocycles. The van der Waals surface area contributed by atoms with Crippen LogP contribution in [0.4, 0.5) is 10.1 Å². The Kier molecular flexibility index (Phi) is 5.56. The number of aryl methyl sites for hydroxylation is 1. The Balaban J connectivity index is 1.46. The molecule has 1 aliphatic heterocycles. The van der Waals surface area contributed by atoms with Crippen molar-refractivity contribution in [3.05, 3.63) is 74.4 Å². The predicted octanol–water partition coefficient (Wildman–Crippen LogP) is 3.09. The standard InChI is InChI=1S/C24H23FN6O3/c1-2-30-23(33)16-9-7-15(13-18(16)27-24(30)34)22(32)26-19-12-14(8-10-17(19)25)21-29-28-20-6-4-3-5-11-31(20)21/h7-10,12-13H,2-6,11H2,1H3,(H,26,32)(H,27,34). The molecule has 34 heavy (non-hydrogen) atoms. The van der Waals surface area contributed by atoms with E-state index < -0.39 is 23.0 Å². The average molecular weight is 462 g/mol. The second-order valence-corrected chi connectivity index (χ2v) is 8.29. The fourth-order valence-corrected chi connectivity index (χ4v) is 4.34. The molecule has 10 heteroatoms. The molecule has 2 N–H and O–H groups in total. The summed E-state index contributed by atoms with van der Waals surface area (Å²) in [6.45, 7) is 2.73. The van der Waals surface area contributed by atoms with Gasteiger partial charge in [-0.2, -0.15) is 0 Å². The number of aromatic nitrogens is 5. The van der Waals surface area contributed by atoms with Crippen LogP contribution in [0.2, 0.25) is 0 Å². The topological polar surface area (TPSA) is 115 Å². The molecule has 9 nitrogen and oxygen atoms in total. The number of fused-ring (bicyclic) bond motifs is 2. The molecule has 2 aromatic carbocycles. The lowest BCUT2D eigenvalue weighted by Crippen LogP contribution is -2.34. The van der Waals surface area contributed by atoms with Gasteiger partial charge in [-0.25, -0.2) is 9.18 Å². The van der Waals surface area contributed by atoms with Crippen LogP contribution in [0.5, 0.6) is 0 Å². The number of rotatable bonds is 4. The molecule has 0 unspecified atom stereocenters. The van der Waals surface area contributed by atoms with Gasteiger partial charge in [-0.3, -0.25) is 14.2 Å². The lowest BCUT2D eigenvalue weighted by atomic mass is 10.1. The molecular formula is C24H23FN6O3. The first-order valence-electron chi connectivity index (χ1n) is 11.3. The monoisotopic (exact) mass is 462 g/mol. The molecule has 1 amide bonds. The van der Waals surface area contributed by atoms with Crippen LogP contribution in [-0.2, 0) is 19.5 Å². The summed E-state index contributed by atoms with van der Waals surface area (Å²) in [5.41, 5.74) is 0.0950. The summed E-state index contributed by atoms with van der Waals surface area (Å²) in [6.07, 6.45) is 4.06. The molecule has 1 aliphatic rings. The summed E-state index contributed by atoms with van der Waals surface area (Å²) in [5.74, 6) is 0.392. The number of anilines is 1. The number of carbonyl (C=O) groups excluding carboxylic acids is 1. The van der Waals surface area contributed by atoms with Crippen LogP contribution in [0.25, 0.3) is 22.3 Å². The maximum absolute atomic E-state index is 14.6. The van der Waals surface area contributed by atoms with E-state index in [9.17, 15) is 18.8 Å². The van der Waals surface area contributed by atoms with Gasteiger partial charge in [0.05, 0.1) is 16.6 Å². The van der Waals surface area contributed by atoms with Crippen LogP contribution < -0.4 is 16.6 Å². The van der Waals surface area contributed by atoms with Crippen molar-refractivity contribution in [1.82, 2.24) is 24.3 Å². The quantitative estimate of drug-likeness (QED) is 0.484. The highest BCUT2D eigenvalue weighted by atomic mass is 19.1. The molecular weight excluding hydrogens is 439 g/mol. The van der Waals surface area contributed by atoms with Crippen LogP contribution in [0, 0.1) is 5.82 Å². The maximum Gasteiger partial charge on any atom is 0.328 e. The van der Waals surface area contributed by atoms with E-state index in [1.807, 2.05) is 0 Å². The Bertz CT molecular complexity index is 1530. The van der Waals surface area contributed by atoms with Gasteiger partial charge in [-0.1, -0.05) is 6.42 Å². The van der Waals surface area contributed by atoms with Gasteiger partial charge in [0.25, 0.3) is 11.5 Å². The molecule has 0 bridgehead atoms. The number of halogens is 1. The number of amides is 1. The summed E-state index contributed by atoms with van der Waals surface area (Å²) in [5, 5.41) is 11.5. The smallest absolute Gasteiger partial charge is 0.319 e. The number of nitrogens with one attached hydrogen (secondary N) is 2. The van der Waals surface area contributed by atoms with E-state index >= 15 is 0 Å². The predicted molar refractivity (Wildman–Crippen MR) is 125 cm³/mol. The van der Waals surface area contributed by atoms with Crippen molar-refractivity contribution in [3.63, 3.8) is 0 Å². The van der Waals surface area contributed by atoms with Gasteiger partial charge < -0.3 is 14.9 Å². The third kappa shape index (κ3) is 3.81. The highest BCUT2D eigenvalue weighted by Gasteiger charge is 2.18. The number of carbonyl (C=O) groups is 1. The molecule has 0 radical (unpaired) electrons. The summed E-state index contributed by atoms with van der Waals surface area (Å²) in [6, 6.07) is 8.80. The second kappa shape index (κ2) is 8.69. The molecule has 4 aromatic rings. The van der Waals surface area contributed by atoms with Gasteiger partial charge in [-0.05, 0) is 56.2 Å². The van der Waals surface area contributed by atoms with Gasteiger partial charge in [0.15, 0.2) is 5.82 Å². The minimum atomic E-state index is -0.590. The number of aromatic amines is 1. The highest BCUT2D eigenvalue weighted by Crippen LogP contribution is 2.27. The molecule has 0 saturated heterocycles. The van der Waals surface area contributed by atoms with Crippen molar-refractivity contribution >= 4 is 22.5 Å². The zero-order valence-corrected chi connectivity index (χ0v) is 18.6. The summed E-state index contributed by atoms with van der Waals surface area (Å²) >= 11 is 0. The molecule has 0 fully saturated rings. The third-order valence-corrected chi connectivity index (χ3v) is 6.14. The van der Waals surface area contributed by atoms with E-state index in [0.29, 0.717) is 16.8 Å². The van der Waals surface area contributed by atoms with Crippen LogP contribution in [-0.4, -0.2) is 30.2 Å². The SMILES string of the molecule is CCn1c(=O)[nH]c2cc(C(=O)Nc3cc(-c4nnc5n4CCCCC5)ccc3F)ccc2c1=O. The molecule has 174 valence electrons. The van der Waals surface area contributed by atoms with E-state index in [1.54, 1.807) is 13.0 Å². The molecule has 0 spiro atoms. The summed E-state index contributed by atoms with van der Waals surface area (Å²) in [4.78, 5) is 40.1. The first kappa shape index (κ1) is 21.7. The number of nitrogens with zero attached hydrogens (tertiary/aromatic N) is 4. The number of H-pyrrole nitrogens is 1. The molecule has 0 saturated carbocycles. The number of hydrogen-bond donors (Lipinski definition) is 2. The van der Waals surface area contributed by atoms with Gasteiger partial charge >= 0.3 is 5.69 Å². The number of hydrogen-bond acceptors (Lipinski definition) is 5. The van der Waals surface area contributed by atoms with Crippen molar-refractivity contribution in [3.8, 4) is 11.4 Å². The van der Waals surface area contributed by atoms with Gasteiger partial charge in [-0.15, -0.1) is 10.2 Å². The molecule has 0 aliphatic carbocycles. The van der Waals surface area contributed by atoms with Crippen LogP contribution in [0.1, 0.15) is 42.4 Å². The number of benzene rings is 2. The largest absolute Gasteiger partial charge is 0.328 e. The third-order valence-electron chi connectivity index (χ3n) is 6.14. The van der Waals surface area contributed by atoms with Crippen molar-refractivity contribution in [2.75, 3.05) is 5.32 Å². The Labute approximate surface area is 193 Å². The summed E-state index contributed by atoms with van der Waals surface area (Å²) < 4.78 is 17.7. The first-order chi connectivity index (χ1) is 16.5. The Morgan fingerprint density at radius 3 is 2.79 bits per heavy atom. The average Bonchev–Trinajstić information content (AvgIpc) is 3.08. The van der Waals surface area contributed by atoms with Gasteiger partial charge in [0.2, 0.25) is 0 Å². The zero-order valence-electron chi connectivity index (χ0n) is 18.6. The first-order valence-corrected chi connectivity index (χ1v) is 11.3. The van der Waals surface area contributed by atoms with E-state index in [-0.39, 0.29) is 23.3 Å². The Morgan fingerprint density at radius 1 is 1.12 bits per heavy atom. The maximum atomic E-state index is 14.6. The van der Waals surface area contributed by atoms with Crippen LogP contribution in [0.15, 0.2) is 46.0 Å². The van der Waals surface area contributed by atoms with E-state index in [1.165, 1.54) is 30.3 Å². The lowest BCUT2D eigenvalue weighted by molar-refractivity contribution is 0.102.